The van der Waals surface area contributed by atoms with Crippen molar-refractivity contribution in [3.05, 3.63) is 12.7 Å². The Labute approximate surface area is 72.2 Å². The van der Waals surface area contributed by atoms with E-state index >= 15 is 0 Å². The average molecular weight is 181 g/mol. The van der Waals surface area contributed by atoms with Crippen molar-refractivity contribution < 1.29 is 9.53 Å². The zero-order valence-electron chi connectivity index (χ0n) is 6.21. The van der Waals surface area contributed by atoms with Crippen molar-refractivity contribution in [1.29, 1.82) is 0 Å². The Bertz CT molecular complexity index is 119. The van der Waals surface area contributed by atoms with Gasteiger partial charge in [0.25, 0.3) is 0 Å². The zero-order valence-corrected chi connectivity index (χ0v) is 7.02. The summed E-state index contributed by atoms with van der Waals surface area (Å²) in [4.78, 5) is 9.98. The third-order valence-electron chi connectivity index (χ3n) is 0.812. The van der Waals surface area contributed by atoms with Gasteiger partial charge >= 0.3 is 6.09 Å². The normalized spacial score (nSPS) is 8.00. The first-order valence-corrected chi connectivity index (χ1v) is 3.01. The molecule has 0 bridgehead atoms. The van der Waals surface area contributed by atoms with Gasteiger partial charge in [-0.25, -0.2) is 4.79 Å². The minimum atomic E-state index is -0.736. The Morgan fingerprint density at radius 2 is 2.36 bits per heavy atom. The first-order valence-electron chi connectivity index (χ1n) is 3.01. The largest absolute Gasteiger partial charge is 0.448 e. The van der Waals surface area contributed by atoms with Crippen LogP contribution in [0.1, 0.15) is 0 Å². The molecule has 0 aliphatic heterocycles. The molecule has 0 fully saturated rings. The van der Waals surface area contributed by atoms with Gasteiger partial charge in [-0.15, -0.1) is 19.0 Å². The van der Waals surface area contributed by atoms with Crippen LogP contribution in [0.25, 0.3) is 0 Å². The van der Waals surface area contributed by atoms with E-state index in [2.05, 4.69) is 16.6 Å². The molecule has 11 heavy (non-hydrogen) atoms. The Balaban J connectivity index is 0. The molecule has 0 aliphatic rings. The van der Waals surface area contributed by atoms with Crippen LogP contribution >= 0.6 is 12.4 Å². The number of rotatable bonds is 5. The molecular formula is C6H13ClN2O2. The second-order valence-electron chi connectivity index (χ2n) is 1.66. The van der Waals surface area contributed by atoms with Crippen LogP contribution < -0.4 is 11.1 Å². The third-order valence-corrected chi connectivity index (χ3v) is 0.812. The molecule has 0 unspecified atom stereocenters. The number of hydrogen-bond donors (Lipinski definition) is 2. The predicted molar refractivity (Wildman–Crippen MR) is 45.9 cm³/mol. The van der Waals surface area contributed by atoms with E-state index in [1.807, 2.05) is 0 Å². The molecule has 4 nitrogen and oxygen atoms in total. The maximum atomic E-state index is 9.98. The van der Waals surface area contributed by atoms with Gasteiger partial charge in [0.15, 0.2) is 0 Å². The van der Waals surface area contributed by atoms with Crippen LogP contribution in [-0.4, -0.2) is 25.8 Å². The van der Waals surface area contributed by atoms with E-state index in [0.717, 1.165) is 0 Å². The van der Waals surface area contributed by atoms with Gasteiger partial charge in [-0.3, -0.25) is 0 Å². The molecular weight excluding hydrogens is 168 g/mol. The maximum absolute atomic E-state index is 9.98. The van der Waals surface area contributed by atoms with Crippen LogP contribution in [0.2, 0.25) is 0 Å². The molecule has 0 aromatic carbocycles. The summed E-state index contributed by atoms with van der Waals surface area (Å²) >= 11 is 0. The Morgan fingerprint density at radius 3 is 2.82 bits per heavy atom. The van der Waals surface area contributed by atoms with E-state index in [1.165, 1.54) is 0 Å². The zero-order chi connectivity index (χ0) is 7.82. The van der Waals surface area contributed by atoms with Gasteiger partial charge in [-0.1, -0.05) is 6.08 Å². The molecule has 5 heteroatoms. The lowest BCUT2D eigenvalue weighted by Gasteiger charge is -2.00. The van der Waals surface area contributed by atoms with E-state index in [0.29, 0.717) is 19.7 Å². The number of halogens is 1. The summed E-state index contributed by atoms with van der Waals surface area (Å²) in [6, 6.07) is 0. The molecule has 0 aromatic heterocycles. The van der Waals surface area contributed by atoms with Crippen molar-refractivity contribution in [1.82, 2.24) is 5.32 Å². The second-order valence-corrected chi connectivity index (χ2v) is 1.66. The highest BCUT2D eigenvalue weighted by Gasteiger charge is 1.89. The standard InChI is InChI=1S/C6H12N2O2.ClH/c1-2-3-8-4-5-10-6(7)9;/h2,8H,1,3-5H2,(H2,7,9);1H. The Kier molecular flexibility index (Phi) is 10.9. The highest BCUT2D eigenvalue weighted by Crippen LogP contribution is 1.70. The van der Waals surface area contributed by atoms with E-state index in [-0.39, 0.29) is 12.4 Å². The molecule has 1 amide bonds. The first-order chi connectivity index (χ1) is 4.77. The van der Waals surface area contributed by atoms with Gasteiger partial charge in [0.2, 0.25) is 0 Å². The monoisotopic (exact) mass is 180 g/mol. The topological polar surface area (TPSA) is 64.3 Å². The predicted octanol–water partition coefficient (Wildman–Crippen LogP) is 0.279. The van der Waals surface area contributed by atoms with Crippen molar-refractivity contribution in [2.24, 2.45) is 5.73 Å². The van der Waals surface area contributed by atoms with E-state index < -0.39 is 6.09 Å². The van der Waals surface area contributed by atoms with Crippen LogP contribution in [0.3, 0.4) is 0 Å². The summed E-state index contributed by atoms with van der Waals surface area (Å²) in [6.07, 6.45) is 0.991. The summed E-state index contributed by atoms with van der Waals surface area (Å²) in [6.45, 7) is 5.12. The number of carbonyl (C=O) groups is 1. The summed E-state index contributed by atoms with van der Waals surface area (Å²) in [5.41, 5.74) is 4.70. The summed E-state index contributed by atoms with van der Waals surface area (Å²) in [5, 5.41) is 2.94. The minimum Gasteiger partial charge on any atom is -0.448 e. The van der Waals surface area contributed by atoms with Gasteiger partial charge in [0, 0.05) is 13.1 Å². The molecule has 0 heterocycles. The SMILES string of the molecule is C=CCNCCOC(N)=O.Cl. The van der Waals surface area contributed by atoms with Crippen molar-refractivity contribution in [3.63, 3.8) is 0 Å². The van der Waals surface area contributed by atoms with Gasteiger partial charge in [-0.05, 0) is 0 Å². The lowest BCUT2D eigenvalue weighted by Crippen LogP contribution is -2.23. The number of nitrogens with two attached hydrogens (primary N) is 1. The number of carbonyl (C=O) groups excluding carboxylic acids is 1. The molecule has 0 saturated carbocycles. The lowest BCUT2D eigenvalue weighted by molar-refractivity contribution is 0.157. The maximum Gasteiger partial charge on any atom is 0.404 e. The average Bonchev–Trinajstić information content (AvgIpc) is 1.87. The number of primary amides is 1. The fourth-order valence-electron chi connectivity index (χ4n) is 0.428. The minimum absolute atomic E-state index is 0. The van der Waals surface area contributed by atoms with Crippen LogP contribution in [0.15, 0.2) is 12.7 Å². The van der Waals surface area contributed by atoms with Crippen LogP contribution in [-0.2, 0) is 4.74 Å². The smallest absolute Gasteiger partial charge is 0.404 e. The summed E-state index contributed by atoms with van der Waals surface area (Å²) in [7, 11) is 0. The molecule has 66 valence electrons. The number of hydrogen-bond acceptors (Lipinski definition) is 3. The van der Waals surface area contributed by atoms with Crippen molar-refractivity contribution in [2.45, 2.75) is 0 Å². The van der Waals surface area contributed by atoms with Crippen LogP contribution in [0.4, 0.5) is 4.79 Å². The molecule has 0 spiro atoms. The Morgan fingerprint density at radius 1 is 1.73 bits per heavy atom. The first kappa shape index (κ1) is 12.9. The van der Waals surface area contributed by atoms with Gasteiger partial charge in [0.1, 0.15) is 6.61 Å². The van der Waals surface area contributed by atoms with Crippen molar-refractivity contribution >= 4 is 18.5 Å². The number of amides is 1. The number of ether oxygens (including phenoxy) is 1. The lowest BCUT2D eigenvalue weighted by atomic mass is 10.6. The molecule has 0 aromatic rings. The fraction of sp³-hybridized carbons (Fsp3) is 0.500. The molecule has 0 saturated heterocycles. The van der Waals surface area contributed by atoms with E-state index in [9.17, 15) is 4.79 Å². The molecule has 0 rings (SSSR count). The molecule has 0 atom stereocenters. The quantitative estimate of drug-likeness (QED) is 0.472. The second kappa shape index (κ2) is 9.26. The third kappa shape index (κ3) is 12.5. The Hall–Kier alpha value is -0.740. The highest BCUT2D eigenvalue weighted by molar-refractivity contribution is 5.85. The molecule has 0 radical (unpaired) electrons. The summed E-state index contributed by atoms with van der Waals surface area (Å²) in [5.74, 6) is 0. The summed E-state index contributed by atoms with van der Waals surface area (Å²) < 4.78 is 4.43. The van der Waals surface area contributed by atoms with Crippen molar-refractivity contribution in [2.75, 3.05) is 19.7 Å². The van der Waals surface area contributed by atoms with Gasteiger partial charge < -0.3 is 15.8 Å². The highest BCUT2D eigenvalue weighted by atomic mass is 35.5. The van der Waals surface area contributed by atoms with Crippen LogP contribution in [0.5, 0.6) is 0 Å². The van der Waals surface area contributed by atoms with E-state index in [4.69, 9.17) is 5.73 Å². The number of nitrogens with one attached hydrogen (secondary N) is 1. The van der Waals surface area contributed by atoms with Crippen LogP contribution in [0, 0.1) is 0 Å². The van der Waals surface area contributed by atoms with Gasteiger partial charge in [-0.2, -0.15) is 0 Å². The van der Waals surface area contributed by atoms with Gasteiger partial charge in [0.05, 0.1) is 0 Å². The fourth-order valence-corrected chi connectivity index (χ4v) is 0.428. The molecule has 0 aliphatic carbocycles. The van der Waals surface area contributed by atoms with Crippen molar-refractivity contribution in [3.8, 4) is 0 Å². The molecule has 3 N–H and O–H groups in total. The van der Waals surface area contributed by atoms with E-state index in [1.54, 1.807) is 6.08 Å².